The second kappa shape index (κ2) is 7.44. The number of nitrogens with zero attached hydrogens (tertiary/aromatic N) is 2. The molecule has 0 unspecified atom stereocenters. The molecule has 2 aromatic carbocycles. The molecule has 0 aliphatic carbocycles. The van der Waals surface area contributed by atoms with Crippen LogP contribution in [0.3, 0.4) is 0 Å². The van der Waals surface area contributed by atoms with Gasteiger partial charge in [-0.1, -0.05) is 24.3 Å². The summed E-state index contributed by atoms with van der Waals surface area (Å²) >= 11 is 0. The molecule has 1 N–H and O–H groups in total. The lowest BCUT2D eigenvalue weighted by Gasteiger charge is -2.18. The summed E-state index contributed by atoms with van der Waals surface area (Å²) in [5, 5.41) is 11.1. The number of aryl methyl sites for hydroxylation is 1. The van der Waals surface area contributed by atoms with Crippen LogP contribution in [-0.4, -0.2) is 10.2 Å². The van der Waals surface area contributed by atoms with Crippen LogP contribution >= 0.6 is 0 Å². The molecular formula is C19H20FN3O2. The fraction of sp³-hybridized carbons (Fsp3) is 0.263. The van der Waals surface area contributed by atoms with Crippen molar-refractivity contribution < 1.29 is 13.5 Å². The third-order valence-electron chi connectivity index (χ3n) is 3.84. The number of para-hydroxylation sites is 1. The third-order valence-corrected chi connectivity index (χ3v) is 3.84. The van der Waals surface area contributed by atoms with E-state index in [-0.39, 0.29) is 17.8 Å². The zero-order valence-corrected chi connectivity index (χ0v) is 14.4. The first-order valence-corrected chi connectivity index (χ1v) is 8.11. The Bertz CT molecular complexity index is 836. The van der Waals surface area contributed by atoms with E-state index in [2.05, 4.69) is 15.5 Å². The van der Waals surface area contributed by atoms with Gasteiger partial charge in [0.25, 0.3) is 0 Å². The molecular weight excluding hydrogens is 321 g/mol. The quantitative estimate of drug-likeness (QED) is 0.703. The standard InChI is InChI=1S/C19H20FN3O2/c1-12(21-13(2)19-23-22-14(3)24-19)15-9-10-18(17(20)11-15)25-16-7-5-4-6-8-16/h4-13,21H,1-3H3/t12-,13+/m1/s1. The van der Waals surface area contributed by atoms with Crippen molar-refractivity contribution in [3.05, 3.63) is 71.7 Å². The van der Waals surface area contributed by atoms with Gasteiger partial charge in [-0.05, 0) is 43.7 Å². The maximum atomic E-state index is 14.4. The maximum Gasteiger partial charge on any atom is 0.233 e. The zero-order valence-electron chi connectivity index (χ0n) is 14.4. The Morgan fingerprint density at radius 1 is 1.04 bits per heavy atom. The largest absolute Gasteiger partial charge is 0.454 e. The van der Waals surface area contributed by atoms with Crippen molar-refractivity contribution in [2.24, 2.45) is 0 Å². The highest BCUT2D eigenvalue weighted by atomic mass is 19.1. The number of aromatic nitrogens is 2. The summed E-state index contributed by atoms with van der Waals surface area (Å²) < 4.78 is 25.3. The zero-order chi connectivity index (χ0) is 17.8. The van der Waals surface area contributed by atoms with Gasteiger partial charge in [0.2, 0.25) is 11.8 Å². The Kier molecular flexibility index (Phi) is 5.09. The predicted octanol–water partition coefficient (Wildman–Crippen LogP) is 4.72. The van der Waals surface area contributed by atoms with E-state index < -0.39 is 5.82 Å². The lowest BCUT2D eigenvalue weighted by Crippen LogP contribution is -2.22. The summed E-state index contributed by atoms with van der Waals surface area (Å²) in [4.78, 5) is 0. The average molecular weight is 341 g/mol. The first-order chi connectivity index (χ1) is 12.0. The second-order valence-corrected chi connectivity index (χ2v) is 5.87. The molecule has 130 valence electrons. The molecule has 0 aliphatic rings. The minimum absolute atomic E-state index is 0.0949. The van der Waals surface area contributed by atoms with Gasteiger partial charge in [-0.15, -0.1) is 10.2 Å². The molecule has 0 aliphatic heterocycles. The molecule has 1 aromatic heterocycles. The predicted molar refractivity (Wildman–Crippen MR) is 91.9 cm³/mol. The number of benzene rings is 2. The molecule has 0 fully saturated rings. The van der Waals surface area contributed by atoms with E-state index in [0.29, 0.717) is 17.5 Å². The lowest BCUT2D eigenvalue weighted by atomic mass is 10.1. The Balaban J connectivity index is 1.69. The van der Waals surface area contributed by atoms with Gasteiger partial charge in [-0.2, -0.15) is 0 Å². The molecule has 25 heavy (non-hydrogen) atoms. The SMILES string of the molecule is Cc1nnc([C@H](C)N[C@H](C)c2ccc(Oc3ccccc3)c(F)c2)o1. The van der Waals surface area contributed by atoms with E-state index in [1.165, 1.54) is 6.07 Å². The molecule has 1 heterocycles. The van der Waals surface area contributed by atoms with Gasteiger partial charge in [-0.25, -0.2) is 4.39 Å². The number of hydrogen-bond acceptors (Lipinski definition) is 5. The van der Waals surface area contributed by atoms with Gasteiger partial charge in [0.1, 0.15) is 5.75 Å². The molecule has 0 spiro atoms. The number of halogens is 1. The van der Waals surface area contributed by atoms with E-state index >= 15 is 0 Å². The smallest absolute Gasteiger partial charge is 0.233 e. The number of rotatable bonds is 6. The summed E-state index contributed by atoms with van der Waals surface area (Å²) in [6, 6.07) is 13.8. The van der Waals surface area contributed by atoms with E-state index in [9.17, 15) is 4.39 Å². The molecule has 2 atom stereocenters. The van der Waals surface area contributed by atoms with Crippen molar-refractivity contribution >= 4 is 0 Å². The molecule has 5 nitrogen and oxygen atoms in total. The maximum absolute atomic E-state index is 14.4. The number of ether oxygens (including phenoxy) is 1. The van der Waals surface area contributed by atoms with Gasteiger partial charge < -0.3 is 9.15 Å². The Hall–Kier alpha value is -2.73. The third kappa shape index (κ3) is 4.22. The summed E-state index contributed by atoms with van der Waals surface area (Å²) in [5.74, 6) is 1.42. The lowest BCUT2D eigenvalue weighted by molar-refractivity contribution is 0.379. The highest BCUT2D eigenvalue weighted by molar-refractivity contribution is 5.35. The van der Waals surface area contributed by atoms with Crippen LogP contribution in [0.25, 0.3) is 0 Å². The molecule has 0 bridgehead atoms. The van der Waals surface area contributed by atoms with Gasteiger partial charge >= 0.3 is 0 Å². The second-order valence-electron chi connectivity index (χ2n) is 5.87. The van der Waals surface area contributed by atoms with Crippen LogP contribution in [0.1, 0.15) is 43.3 Å². The summed E-state index contributed by atoms with van der Waals surface area (Å²) in [6.07, 6.45) is 0. The molecule has 3 aromatic rings. The van der Waals surface area contributed by atoms with Gasteiger partial charge in [0.05, 0.1) is 6.04 Å². The Labute approximate surface area is 145 Å². The summed E-state index contributed by atoms with van der Waals surface area (Å²) in [6.45, 7) is 5.62. The van der Waals surface area contributed by atoms with Gasteiger partial charge in [-0.3, -0.25) is 5.32 Å². The van der Waals surface area contributed by atoms with Crippen LogP contribution in [0.4, 0.5) is 4.39 Å². The van der Waals surface area contributed by atoms with Crippen LogP contribution in [0.2, 0.25) is 0 Å². The normalized spacial score (nSPS) is 13.4. The van der Waals surface area contributed by atoms with Crippen LogP contribution in [0, 0.1) is 12.7 Å². The van der Waals surface area contributed by atoms with Crippen LogP contribution in [0.5, 0.6) is 11.5 Å². The van der Waals surface area contributed by atoms with E-state index in [1.54, 1.807) is 25.1 Å². The fourth-order valence-corrected chi connectivity index (χ4v) is 2.51. The van der Waals surface area contributed by atoms with Gasteiger partial charge in [0.15, 0.2) is 11.6 Å². The Morgan fingerprint density at radius 2 is 1.80 bits per heavy atom. The molecule has 0 amide bonds. The monoisotopic (exact) mass is 341 g/mol. The molecule has 0 radical (unpaired) electrons. The molecule has 0 saturated heterocycles. The van der Waals surface area contributed by atoms with Crippen LogP contribution < -0.4 is 10.1 Å². The number of nitrogens with one attached hydrogen (secondary N) is 1. The minimum atomic E-state index is -0.406. The molecule has 0 saturated carbocycles. The molecule has 6 heteroatoms. The van der Waals surface area contributed by atoms with Crippen LogP contribution in [0.15, 0.2) is 52.9 Å². The first kappa shape index (κ1) is 17.1. The highest BCUT2D eigenvalue weighted by Crippen LogP contribution is 2.27. The van der Waals surface area contributed by atoms with Crippen molar-refractivity contribution in [2.75, 3.05) is 0 Å². The average Bonchev–Trinajstić information content (AvgIpc) is 3.04. The highest BCUT2D eigenvalue weighted by Gasteiger charge is 2.17. The topological polar surface area (TPSA) is 60.2 Å². The van der Waals surface area contributed by atoms with E-state index in [0.717, 1.165) is 5.56 Å². The Morgan fingerprint density at radius 3 is 2.44 bits per heavy atom. The minimum Gasteiger partial charge on any atom is -0.454 e. The summed E-state index contributed by atoms with van der Waals surface area (Å²) in [7, 11) is 0. The first-order valence-electron chi connectivity index (χ1n) is 8.11. The summed E-state index contributed by atoms with van der Waals surface area (Å²) in [5.41, 5.74) is 0.806. The van der Waals surface area contributed by atoms with Crippen LogP contribution in [-0.2, 0) is 0 Å². The van der Waals surface area contributed by atoms with Crippen molar-refractivity contribution in [3.8, 4) is 11.5 Å². The van der Waals surface area contributed by atoms with Gasteiger partial charge in [0, 0.05) is 13.0 Å². The van der Waals surface area contributed by atoms with Crippen molar-refractivity contribution in [2.45, 2.75) is 32.9 Å². The number of hydrogen-bond donors (Lipinski definition) is 1. The van der Waals surface area contributed by atoms with E-state index in [1.807, 2.05) is 38.1 Å². The molecule has 3 rings (SSSR count). The van der Waals surface area contributed by atoms with E-state index in [4.69, 9.17) is 9.15 Å². The van der Waals surface area contributed by atoms with Crippen molar-refractivity contribution in [3.63, 3.8) is 0 Å². The fourth-order valence-electron chi connectivity index (χ4n) is 2.51. The van der Waals surface area contributed by atoms with Crippen molar-refractivity contribution in [1.82, 2.24) is 15.5 Å². The van der Waals surface area contributed by atoms with Crippen molar-refractivity contribution in [1.29, 1.82) is 0 Å².